The molecule has 2 nitrogen and oxygen atoms in total. The van der Waals surface area contributed by atoms with Crippen molar-refractivity contribution in [3.8, 4) is 27.9 Å². The van der Waals surface area contributed by atoms with Crippen molar-refractivity contribution in [2.75, 3.05) is 0 Å². The van der Waals surface area contributed by atoms with Crippen molar-refractivity contribution in [2.45, 2.75) is 19.3 Å². The molecule has 2 heteroatoms. The Morgan fingerprint density at radius 3 is 2.22 bits per heavy atom. The molecule has 0 spiro atoms. The molecule has 172 valence electrons. The molecule has 1 aliphatic carbocycles. The topological polar surface area (TPSA) is 28.8 Å². The van der Waals surface area contributed by atoms with Gasteiger partial charge in [0.15, 0.2) is 0 Å². The van der Waals surface area contributed by atoms with Gasteiger partial charge >= 0.3 is 0 Å². The normalized spacial score (nSPS) is 13.6. The van der Waals surface area contributed by atoms with Gasteiger partial charge in [-0.3, -0.25) is 0 Å². The van der Waals surface area contributed by atoms with Crippen LogP contribution in [0.3, 0.4) is 0 Å². The van der Waals surface area contributed by atoms with Crippen LogP contribution in [0.1, 0.15) is 30.5 Å². The van der Waals surface area contributed by atoms with Gasteiger partial charge in [0, 0.05) is 28.1 Å². The summed E-state index contributed by atoms with van der Waals surface area (Å²) in [4.78, 5) is 0. The lowest BCUT2D eigenvalue weighted by atomic mass is 9.82. The van der Waals surface area contributed by atoms with Gasteiger partial charge in [0.1, 0.15) is 0 Å². The second kappa shape index (κ2) is 7.53. The Balaban J connectivity index is 1.60. The molecule has 1 aromatic heterocycles. The lowest BCUT2D eigenvalue weighted by Crippen LogP contribution is -2.14. The second-order valence-corrected chi connectivity index (χ2v) is 10.3. The van der Waals surface area contributed by atoms with Gasteiger partial charge in [-0.2, -0.15) is 0 Å². The summed E-state index contributed by atoms with van der Waals surface area (Å²) in [5, 5.41) is 10.3. The van der Waals surface area contributed by atoms with E-state index in [1.165, 1.54) is 61.4 Å². The molecule has 6 aromatic rings. The molecule has 0 bridgehead atoms. The maximum atomic E-state index is 7.81. The first-order valence-electron chi connectivity index (χ1n) is 12.5. The number of hydrogen-bond acceptors (Lipinski definition) is 1. The van der Waals surface area contributed by atoms with Crippen LogP contribution in [-0.2, 0) is 5.41 Å². The molecule has 7 rings (SSSR count). The molecular weight excluding hydrogens is 436 g/mol. The third kappa shape index (κ3) is 2.88. The van der Waals surface area contributed by atoms with E-state index in [0.29, 0.717) is 0 Å². The molecule has 0 aliphatic heterocycles. The third-order valence-electron chi connectivity index (χ3n) is 7.87. The van der Waals surface area contributed by atoms with E-state index in [-0.39, 0.29) is 5.41 Å². The molecule has 5 aromatic carbocycles. The Morgan fingerprint density at radius 2 is 1.39 bits per heavy atom. The van der Waals surface area contributed by atoms with Crippen LogP contribution in [0, 0.1) is 5.41 Å². The quantitative estimate of drug-likeness (QED) is 0.255. The van der Waals surface area contributed by atoms with Crippen LogP contribution in [0.15, 0.2) is 109 Å². The molecule has 0 radical (unpaired) electrons. The van der Waals surface area contributed by atoms with Crippen LogP contribution in [0.2, 0.25) is 0 Å². The summed E-state index contributed by atoms with van der Waals surface area (Å²) in [5.41, 5.74) is 12.2. The average Bonchev–Trinajstić information content (AvgIpc) is 3.36. The highest BCUT2D eigenvalue weighted by atomic mass is 15.0. The summed E-state index contributed by atoms with van der Waals surface area (Å²) >= 11 is 0. The zero-order valence-corrected chi connectivity index (χ0v) is 20.4. The van der Waals surface area contributed by atoms with Gasteiger partial charge in [0.2, 0.25) is 0 Å². The molecule has 0 atom stereocenters. The summed E-state index contributed by atoms with van der Waals surface area (Å²) < 4.78 is 2.37. The average molecular weight is 463 g/mol. The van der Waals surface area contributed by atoms with Crippen molar-refractivity contribution < 1.29 is 0 Å². The highest BCUT2D eigenvalue weighted by Gasteiger charge is 2.36. The Hall–Kier alpha value is -4.43. The van der Waals surface area contributed by atoms with E-state index in [1.807, 2.05) is 12.1 Å². The Morgan fingerprint density at radius 1 is 0.611 bits per heavy atom. The summed E-state index contributed by atoms with van der Waals surface area (Å²) in [6, 6.07) is 39.3. The summed E-state index contributed by atoms with van der Waals surface area (Å²) in [7, 11) is 0. The molecule has 0 unspecified atom stereocenters. The first-order chi connectivity index (χ1) is 17.6. The van der Waals surface area contributed by atoms with Gasteiger partial charge < -0.3 is 9.98 Å². The Kier molecular flexibility index (Phi) is 4.37. The number of rotatable bonds is 3. The highest BCUT2D eigenvalue weighted by molar-refractivity contribution is 6.12. The van der Waals surface area contributed by atoms with Crippen molar-refractivity contribution in [3.63, 3.8) is 0 Å². The Labute approximate surface area is 211 Å². The van der Waals surface area contributed by atoms with Crippen molar-refractivity contribution in [3.05, 3.63) is 126 Å². The van der Waals surface area contributed by atoms with E-state index in [1.54, 1.807) is 0 Å². The Bertz CT molecular complexity index is 1820. The smallest absolute Gasteiger partial charge is 0.0544 e. The first kappa shape index (κ1) is 20.9. The van der Waals surface area contributed by atoms with Gasteiger partial charge in [-0.05, 0) is 75.3 Å². The molecule has 0 fully saturated rings. The minimum absolute atomic E-state index is 0.0621. The van der Waals surface area contributed by atoms with Crippen LogP contribution in [0.25, 0.3) is 49.7 Å². The summed E-state index contributed by atoms with van der Waals surface area (Å²) in [5.74, 6) is 0. The molecule has 1 N–H and O–H groups in total. The van der Waals surface area contributed by atoms with E-state index in [0.717, 1.165) is 11.3 Å². The van der Waals surface area contributed by atoms with Crippen molar-refractivity contribution in [1.29, 1.82) is 5.41 Å². The van der Waals surface area contributed by atoms with Crippen LogP contribution < -0.4 is 0 Å². The van der Waals surface area contributed by atoms with Crippen LogP contribution in [-0.4, -0.2) is 10.8 Å². The standard InChI is InChI=1S/C34H26N2/c1-34(2)30-14-7-6-13-26(30)27-19-29-28-18-24(23-10-4-3-5-11-23)15-16-32(28)36(33(29)20-31(27)34)25-12-8-9-22(17-25)21-35/h3-21,35H,1-2H3. The van der Waals surface area contributed by atoms with E-state index >= 15 is 0 Å². The molecule has 1 heterocycles. The summed E-state index contributed by atoms with van der Waals surface area (Å²) in [6.45, 7) is 4.67. The van der Waals surface area contributed by atoms with Gasteiger partial charge in [0.25, 0.3) is 0 Å². The predicted molar refractivity (Wildman–Crippen MR) is 152 cm³/mol. The number of aromatic nitrogens is 1. The number of nitrogens with zero attached hydrogens (tertiary/aromatic N) is 1. The van der Waals surface area contributed by atoms with Gasteiger partial charge in [-0.25, -0.2) is 0 Å². The van der Waals surface area contributed by atoms with Crippen molar-refractivity contribution >= 4 is 28.0 Å². The second-order valence-electron chi connectivity index (χ2n) is 10.3. The molecule has 36 heavy (non-hydrogen) atoms. The number of benzene rings is 5. The van der Waals surface area contributed by atoms with Crippen LogP contribution in [0.4, 0.5) is 0 Å². The van der Waals surface area contributed by atoms with E-state index in [4.69, 9.17) is 5.41 Å². The van der Waals surface area contributed by atoms with Gasteiger partial charge in [-0.15, -0.1) is 0 Å². The first-order valence-corrected chi connectivity index (χ1v) is 12.5. The highest BCUT2D eigenvalue weighted by Crippen LogP contribution is 2.51. The van der Waals surface area contributed by atoms with Crippen molar-refractivity contribution in [1.82, 2.24) is 4.57 Å². The maximum Gasteiger partial charge on any atom is 0.0544 e. The van der Waals surface area contributed by atoms with E-state index < -0.39 is 0 Å². The number of hydrogen-bond donors (Lipinski definition) is 1. The van der Waals surface area contributed by atoms with Gasteiger partial charge in [0.05, 0.1) is 11.0 Å². The molecule has 0 saturated carbocycles. The number of nitrogens with one attached hydrogen (secondary N) is 1. The molecular formula is C34H26N2. The monoisotopic (exact) mass is 462 g/mol. The zero-order valence-electron chi connectivity index (χ0n) is 20.4. The minimum Gasteiger partial charge on any atom is -0.309 e. The van der Waals surface area contributed by atoms with E-state index in [9.17, 15) is 0 Å². The summed E-state index contributed by atoms with van der Waals surface area (Å²) in [6.07, 6.45) is 1.42. The third-order valence-corrected chi connectivity index (χ3v) is 7.87. The lowest BCUT2D eigenvalue weighted by Gasteiger charge is -2.21. The number of fused-ring (bicyclic) bond motifs is 6. The fourth-order valence-corrected chi connectivity index (χ4v) is 6.06. The van der Waals surface area contributed by atoms with Crippen molar-refractivity contribution in [2.24, 2.45) is 0 Å². The minimum atomic E-state index is -0.0621. The van der Waals surface area contributed by atoms with Crippen LogP contribution in [0.5, 0.6) is 0 Å². The SMILES string of the molecule is CC1(C)c2ccccc2-c2cc3c4cc(-c5ccccc5)ccc4n(-c4cccc(C=N)c4)c3cc21. The largest absolute Gasteiger partial charge is 0.309 e. The van der Waals surface area contributed by atoms with Crippen LogP contribution >= 0.6 is 0 Å². The molecule has 0 saturated heterocycles. The predicted octanol–water partition coefficient (Wildman–Crippen LogP) is 8.75. The fraction of sp³-hybridized carbons (Fsp3) is 0.0882. The maximum absolute atomic E-state index is 7.81. The molecule has 0 amide bonds. The lowest BCUT2D eigenvalue weighted by molar-refractivity contribution is 0.661. The zero-order chi connectivity index (χ0) is 24.4. The molecule has 1 aliphatic rings. The van der Waals surface area contributed by atoms with Gasteiger partial charge in [-0.1, -0.05) is 86.6 Å². The van der Waals surface area contributed by atoms with E-state index in [2.05, 4.69) is 115 Å². The fourth-order valence-electron chi connectivity index (χ4n) is 6.06.